The fourth-order valence-corrected chi connectivity index (χ4v) is 3.98. The molecule has 0 saturated carbocycles. The van der Waals surface area contributed by atoms with Gasteiger partial charge in [-0.25, -0.2) is 4.98 Å². The molecule has 0 spiro atoms. The first-order valence-corrected chi connectivity index (χ1v) is 9.56. The lowest BCUT2D eigenvalue weighted by Gasteiger charge is -2.36. The average molecular weight is 364 g/mol. The summed E-state index contributed by atoms with van der Waals surface area (Å²) in [6.07, 6.45) is 11.5. The van der Waals surface area contributed by atoms with Crippen LogP contribution in [-0.4, -0.2) is 37.5 Å². The van der Waals surface area contributed by atoms with Gasteiger partial charge in [-0.15, -0.1) is 0 Å². The van der Waals surface area contributed by atoms with Crippen molar-refractivity contribution in [1.82, 2.24) is 19.0 Å². The number of hydrogen-bond acceptors (Lipinski definition) is 3. The maximum Gasteiger partial charge on any atom is 0.242 e. The molecule has 140 valence electrons. The van der Waals surface area contributed by atoms with Crippen LogP contribution in [0.25, 0.3) is 10.9 Å². The topological polar surface area (TPSA) is 60.1 Å². The lowest BCUT2D eigenvalue weighted by atomic mass is 9.99. The van der Waals surface area contributed by atoms with Gasteiger partial charge < -0.3 is 14.0 Å². The van der Waals surface area contributed by atoms with Gasteiger partial charge in [0.05, 0.1) is 11.8 Å². The number of piperidine rings is 1. The molecule has 3 aromatic rings. The van der Waals surface area contributed by atoms with Gasteiger partial charge in [-0.2, -0.15) is 0 Å². The van der Waals surface area contributed by atoms with Crippen molar-refractivity contribution >= 4 is 16.8 Å². The van der Waals surface area contributed by atoms with Gasteiger partial charge in [0.25, 0.3) is 0 Å². The van der Waals surface area contributed by atoms with E-state index in [0.29, 0.717) is 5.39 Å². The number of pyridine rings is 1. The Balaban J connectivity index is 1.51. The van der Waals surface area contributed by atoms with Gasteiger partial charge in [0.1, 0.15) is 6.54 Å². The molecular weight excluding hydrogens is 340 g/mol. The van der Waals surface area contributed by atoms with Crippen LogP contribution in [0.15, 0.2) is 60.0 Å². The number of hydrogen-bond donors (Lipinski definition) is 0. The number of aromatic nitrogens is 3. The largest absolute Gasteiger partial charge is 0.338 e. The number of para-hydroxylation sites is 1. The molecule has 6 nitrogen and oxygen atoms in total. The maximum atomic E-state index is 13.1. The SMILES string of the molecule is O=C(Cn1ccc(=O)c2ccccc21)N1CCCCC1CCn1ccnc1. The van der Waals surface area contributed by atoms with Crippen molar-refractivity contribution in [1.29, 1.82) is 0 Å². The third-order valence-corrected chi connectivity index (χ3v) is 5.42. The Morgan fingerprint density at radius 1 is 1.15 bits per heavy atom. The number of rotatable bonds is 5. The molecule has 1 amide bonds. The molecule has 6 heteroatoms. The van der Waals surface area contributed by atoms with E-state index in [0.717, 1.165) is 37.9 Å². The Hall–Kier alpha value is -2.89. The number of imidazole rings is 1. The summed E-state index contributed by atoms with van der Waals surface area (Å²) < 4.78 is 3.95. The second kappa shape index (κ2) is 7.78. The lowest BCUT2D eigenvalue weighted by molar-refractivity contribution is -0.135. The van der Waals surface area contributed by atoms with E-state index in [1.165, 1.54) is 6.42 Å². The minimum atomic E-state index is -0.00881. The molecule has 0 N–H and O–H groups in total. The van der Waals surface area contributed by atoms with E-state index in [1.807, 2.05) is 46.3 Å². The van der Waals surface area contributed by atoms with Crippen LogP contribution in [0, 0.1) is 0 Å². The molecule has 1 atom stereocenters. The van der Waals surface area contributed by atoms with Crippen LogP contribution in [-0.2, 0) is 17.9 Å². The highest BCUT2D eigenvalue weighted by Crippen LogP contribution is 2.21. The first kappa shape index (κ1) is 17.5. The van der Waals surface area contributed by atoms with Crippen molar-refractivity contribution in [2.75, 3.05) is 6.54 Å². The van der Waals surface area contributed by atoms with E-state index in [4.69, 9.17) is 0 Å². The second-order valence-corrected chi connectivity index (χ2v) is 7.15. The summed E-state index contributed by atoms with van der Waals surface area (Å²) >= 11 is 0. The van der Waals surface area contributed by atoms with Gasteiger partial charge in [0.15, 0.2) is 5.43 Å². The van der Waals surface area contributed by atoms with Crippen LogP contribution >= 0.6 is 0 Å². The van der Waals surface area contributed by atoms with Gasteiger partial charge in [-0.3, -0.25) is 9.59 Å². The van der Waals surface area contributed by atoms with Gasteiger partial charge in [0, 0.05) is 49.2 Å². The Kier molecular flexibility index (Phi) is 5.05. The van der Waals surface area contributed by atoms with E-state index < -0.39 is 0 Å². The van der Waals surface area contributed by atoms with Crippen LogP contribution in [0.4, 0.5) is 0 Å². The highest BCUT2D eigenvalue weighted by molar-refractivity contribution is 5.82. The molecule has 3 heterocycles. The number of benzene rings is 1. The van der Waals surface area contributed by atoms with Gasteiger partial charge in [-0.1, -0.05) is 12.1 Å². The van der Waals surface area contributed by atoms with Crippen LogP contribution in [0.2, 0.25) is 0 Å². The molecule has 1 aromatic carbocycles. The standard InChI is InChI=1S/C21H24N4O2/c26-20-9-13-24(19-7-2-1-6-18(19)20)15-21(27)25-11-4-3-5-17(25)8-12-23-14-10-22-16-23/h1-2,6-7,9-10,13-14,16-17H,3-5,8,11-12,15H2. The van der Waals surface area contributed by atoms with Crippen LogP contribution in [0.3, 0.4) is 0 Å². The first-order valence-electron chi connectivity index (χ1n) is 9.56. The number of likely N-dealkylation sites (tertiary alicyclic amines) is 1. The summed E-state index contributed by atoms with van der Waals surface area (Å²) in [4.78, 5) is 31.2. The summed E-state index contributed by atoms with van der Waals surface area (Å²) in [6.45, 7) is 1.95. The molecule has 0 bridgehead atoms. The number of aryl methyl sites for hydroxylation is 1. The molecule has 27 heavy (non-hydrogen) atoms. The molecule has 0 aliphatic carbocycles. The minimum absolute atomic E-state index is 0.00881. The summed E-state index contributed by atoms with van der Waals surface area (Å²) in [6, 6.07) is 9.27. The number of carbonyl (C=O) groups excluding carboxylic acids is 1. The fraction of sp³-hybridized carbons (Fsp3) is 0.381. The van der Waals surface area contributed by atoms with E-state index >= 15 is 0 Å². The van der Waals surface area contributed by atoms with E-state index in [1.54, 1.807) is 18.5 Å². The summed E-state index contributed by atoms with van der Waals surface area (Å²) in [5.41, 5.74) is 0.802. The number of fused-ring (bicyclic) bond motifs is 1. The van der Waals surface area contributed by atoms with Crippen molar-refractivity contribution in [3.8, 4) is 0 Å². The Morgan fingerprint density at radius 3 is 2.89 bits per heavy atom. The van der Waals surface area contributed by atoms with Gasteiger partial charge in [-0.05, 0) is 37.8 Å². The van der Waals surface area contributed by atoms with E-state index in [2.05, 4.69) is 9.55 Å². The molecule has 2 aromatic heterocycles. The van der Waals surface area contributed by atoms with Crippen LogP contribution < -0.4 is 5.43 Å². The van der Waals surface area contributed by atoms with Gasteiger partial charge >= 0.3 is 0 Å². The summed E-state index contributed by atoms with van der Waals surface area (Å²) in [5, 5.41) is 0.656. The molecule has 1 unspecified atom stereocenters. The molecule has 1 aliphatic rings. The zero-order chi connectivity index (χ0) is 18.6. The van der Waals surface area contributed by atoms with Crippen molar-refractivity contribution in [3.05, 3.63) is 65.5 Å². The Labute approximate surface area is 158 Å². The van der Waals surface area contributed by atoms with E-state index in [-0.39, 0.29) is 23.9 Å². The number of amides is 1. The second-order valence-electron chi connectivity index (χ2n) is 7.15. The van der Waals surface area contributed by atoms with Crippen LogP contribution in [0.1, 0.15) is 25.7 Å². The van der Waals surface area contributed by atoms with Gasteiger partial charge in [0.2, 0.25) is 5.91 Å². The third-order valence-electron chi connectivity index (χ3n) is 5.42. The Bertz CT molecular complexity index is 977. The number of nitrogens with zero attached hydrogens (tertiary/aromatic N) is 4. The first-order chi connectivity index (χ1) is 13.2. The molecule has 1 saturated heterocycles. The molecule has 1 aliphatic heterocycles. The predicted molar refractivity (Wildman–Crippen MR) is 104 cm³/mol. The zero-order valence-corrected chi connectivity index (χ0v) is 15.3. The molecule has 1 fully saturated rings. The normalized spacial score (nSPS) is 17.3. The molecule has 0 radical (unpaired) electrons. The fourth-order valence-electron chi connectivity index (χ4n) is 3.98. The quantitative estimate of drug-likeness (QED) is 0.699. The zero-order valence-electron chi connectivity index (χ0n) is 15.3. The average Bonchev–Trinajstić information content (AvgIpc) is 3.22. The van der Waals surface area contributed by atoms with Crippen molar-refractivity contribution in [3.63, 3.8) is 0 Å². The van der Waals surface area contributed by atoms with E-state index in [9.17, 15) is 9.59 Å². The summed E-state index contributed by atoms with van der Waals surface area (Å²) in [5.74, 6) is 0.124. The monoisotopic (exact) mass is 364 g/mol. The molecular formula is C21H24N4O2. The number of carbonyl (C=O) groups is 1. The summed E-state index contributed by atoms with van der Waals surface area (Å²) in [7, 11) is 0. The highest BCUT2D eigenvalue weighted by Gasteiger charge is 2.26. The molecule has 4 rings (SSSR count). The van der Waals surface area contributed by atoms with Crippen molar-refractivity contribution in [2.24, 2.45) is 0 Å². The minimum Gasteiger partial charge on any atom is -0.338 e. The highest BCUT2D eigenvalue weighted by atomic mass is 16.2. The Morgan fingerprint density at radius 2 is 2.04 bits per heavy atom. The van der Waals surface area contributed by atoms with Crippen molar-refractivity contribution < 1.29 is 4.79 Å². The maximum absolute atomic E-state index is 13.1. The smallest absolute Gasteiger partial charge is 0.242 e. The lowest BCUT2D eigenvalue weighted by Crippen LogP contribution is -2.45. The predicted octanol–water partition coefficient (Wildman–Crippen LogP) is 2.67. The van der Waals surface area contributed by atoms with Crippen LogP contribution in [0.5, 0.6) is 0 Å². The third kappa shape index (κ3) is 3.79. The van der Waals surface area contributed by atoms with Crippen molar-refractivity contribution in [2.45, 2.75) is 44.8 Å².